The van der Waals surface area contributed by atoms with E-state index in [4.69, 9.17) is 17.3 Å². The van der Waals surface area contributed by atoms with Gasteiger partial charge in [-0.05, 0) is 43.5 Å². The van der Waals surface area contributed by atoms with Crippen LogP contribution in [0.4, 0.5) is 5.69 Å². The Labute approximate surface area is 125 Å². The molecule has 2 N–H and O–H groups in total. The Morgan fingerprint density at radius 2 is 1.75 bits per heavy atom. The summed E-state index contributed by atoms with van der Waals surface area (Å²) in [6.45, 7) is 3.82. The van der Waals surface area contributed by atoms with Gasteiger partial charge in [-0.25, -0.2) is 4.99 Å². The van der Waals surface area contributed by atoms with Crippen molar-refractivity contribution in [3.63, 3.8) is 0 Å². The Kier molecular flexibility index (Phi) is 4.01. The number of halogens is 1. The van der Waals surface area contributed by atoms with Crippen LogP contribution in [0.25, 0.3) is 0 Å². The molecule has 0 aromatic heterocycles. The van der Waals surface area contributed by atoms with Gasteiger partial charge in [-0.1, -0.05) is 11.6 Å². The van der Waals surface area contributed by atoms with Crippen LogP contribution < -0.4 is 10.6 Å². The monoisotopic (exact) mass is 292 g/mol. The number of aliphatic imine (C=N–C) groups is 1. The molecule has 0 amide bonds. The minimum absolute atomic E-state index is 0.476. The minimum atomic E-state index is 0.476. The van der Waals surface area contributed by atoms with Crippen LogP contribution in [-0.2, 0) is 0 Å². The first-order valence-corrected chi connectivity index (χ1v) is 7.69. The van der Waals surface area contributed by atoms with Gasteiger partial charge in [0.1, 0.15) is 0 Å². The maximum atomic E-state index is 6.10. The lowest BCUT2D eigenvalue weighted by molar-refractivity contribution is 0.366. The van der Waals surface area contributed by atoms with Gasteiger partial charge in [0.05, 0.1) is 6.04 Å². The second-order valence-electron chi connectivity index (χ2n) is 5.52. The normalized spacial score (nSPS) is 20.9. The molecule has 1 aliphatic heterocycles. The van der Waals surface area contributed by atoms with E-state index in [-0.39, 0.29) is 0 Å². The topological polar surface area (TPSA) is 44.9 Å². The van der Waals surface area contributed by atoms with Crippen molar-refractivity contribution in [2.75, 3.05) is 31.1 Å². The van der Waals surface area contributed by atoms with Crippen molar-refractivity contribution in [1.82, 2.24) is 4.90 Å². The number of benzene rings is 1. The fraction of sp³-hybridized carbons (Fsp3) is 0.533. The summed E-state index contributed by atoms with van der Waals surface area (Å²) in [6.07, 6.45) is 3.70. The van der Waals surface area contributed by atoms with E-state index in [0.29, 0.717) is 6.04 Å². The van der Waals surface area contributed by atoms with Crippen LogP contribution in [0.2, 0.25) is 5.02 Å². The molecule has 5 heteroatoms. The van der Waals surface area contributed by atoms with E-state index >= 15 is 0 Å². The van der Waals surface area contributed by atoms with Gasteiger partial charge in [0.2, 0.25) is 0 Å². The molecule has 2 aliphatic rings. The van der Waals surface area contributed by atoms with Crippen LogP contribution >= 0.6 is 11.6 Å². The highest BCUT2D eigenvalue weighted by Crippen LogP contribution is 2.22. The van der Waals surface area contributed by atoms with Crippen molar-refractivity contribution < 1.29 is 0 Å². The fourth-order valence-electron chi connectivity index (χ4n) is 2.63. The molecule has 1 heterocycles. The zero-order chi connectivity index (χ0) is 13.9. The first-order valence-electron chi connectivity index (χ1n) is 7.31. The van der Waals surface area contributed by atoms with Crippen LogP contribution in [0.1, 0.15) is 19.3 Å². The number of piperazine rings is 1. The third kappa shape index (κ3) is 3.01. The molecule has 1 saturated heterocycles. The van der Waals surface area contributed by atoms with Gasteiger partial charge in [-0.3, -0.25) is 0 Å². The zero-order valence-electron chi connectivity index (χ0n) is 11.6. The number of rotatable bonds is 2. The molecular formula is C15H21ClN4. The molecule has 1 aromatic rings. The SMILES string of the molecule is NC(=NC1CCC1)N1CCN(c2ccc(Cl)cc2)CC1. The van der Waals surface area contributed by atoms with Crippen LogP contribution in [0.3, 0.4) is 0 Å². The lowest BCUT2D eigenvalue weighted by Gasteiger charge is -2.37. The second kappa shape index (κ2) is 5.92. The van der Waals surface area contributed by atoms with Gasteiger partial charge in [0, 0.05) is 36.9 Å². The molecule has 0 atom stereocenters. The van der Waals surface area contributed by atoms with Gasteiger partial charge >= 0.3 is 0 Å². The quantitative estimate of drug-likeness (QED) is 0.672. The molecule has 0 radical (unpaired) electrons. The summed E-state index contributed by atoms with van der Waals surface area (Å²) in [6, 6.07) is 8.50. The maximum absolute atomic E-state index is 6.10. The van der Waals surface area contributed by atoms with E-state index < -0.39 is 0 Å². The third-order valence-electron chi connectivity index (χ3n) is 4.18. The molecule has 1 aliphatic carbocycles. The van der Waals surface area contributed by atoms with E-state index in [1.54, 1.807) is 0 Å². The van der Waals surface area contributed by atoms with Crippen molar-refractivity contribution in [1.29, 1.82) is 0 Å². The average molecular weight is 293 g/mol. The van der Waals surface area contributed by atoms with Crippen molar-refractivity contribution in [2.24, 2.45) is 10.7 Å². The number of hydrogen-bond donors (Lipinski definition) is 1. The number of nitrogens with zero attached hydrogens (tertiary/aromatic N) is 3. The third-order valence-corrected chi connectivity index (χ3v) is 4.44. The Hall–Kier alpha value is -1.42. The lowest BCUT2D eigenvalue weighted by Crippen LogP contribution is -2.51. The summed E-state index contributed by atoms with van der Waals surface area (Å²) in [5.41, 5.74) is 7.33. The highest BCUT2D eigenvalue weighted by atomic mass is 35.5. The van der Waals surface area contributed by atoms with Gasteiger partial charge in [-0.15, -0.1) is 0 Å². The Morgan fingerprint density at radius 3 is 2.30 bits per heavy atom. The first kappa shape index (κ1) is 13.6. The van der Waals surface area contributed by atoms with Gasteiger partial charge < -0.3 is 15.5 Å². The molecule has 0 unspecified atom stereocenters. The average Bonchev–Trinajstić information content (AvgIpc) is 2.44. The molecule has 0 spiro atoms. The van der Waals surface area contributed by atoms with Crippen LogP contribution in [0.5, 0.6) is 0 Å². The first-order chi connectivity index (χ1) is 9.72. The number of anilines is 1. The second-order valence-corrected chi connectivity index (χ2v) is 5.96. The molecule has 1 saturated carbocycles. The van der Waals surface area contributed by atoms with Crippen molar-refractivity contribution in [3.8, 4) is 0 Å². The fourth-order valence-corrected chi connectivity index (χ4v) is 2.76. The van der Waals surface area contributed by atoms with Crippen molar-refractivity contribution in [3.05, 3.63) is 29.3 Å². The van der Waals surface area contributed by atoms with Crippen molar-refractivity contribution in [2.45, 2.75) is 25.3 Å². The Bertz CT molecular complexity index is 473. The Morgan fingerprint density at radius 1 is 1.10 bits per heavy atom. The largest absolute Gasteiger partial charge is 0.370 e. The smallest absolute Gasteiger partial charge is 0.191 e. The highest BCUT2D eigenvalue weighted by Gasteiger charge is 2.21. The summed E-state index contributed by atoms with van der Waals surface area (Å²) in [5.74, 6) is 0.727. The predicted molar refractivity (Wildman–Crippen MR) is 84.5 cm³/mol. The molecule has 2 fully saturated rings. The zero-order valence-corrected chi connectivity index (χ0v) is 12.4. The predicted octanol–water partition coefficient (Wildman–Crippen LogP) is 2.33. The summed E-state index contributed by atoms with van der Waals surface area (Å²) in [5, 5.41) is 0.782. The minimum Gasteiger partial charge on any atom is -0.370 e. The summed E-state index contributed by atoms with van der Waals surface area (Å²) < 4.78 is 0. The number of guanidine groups is 1. The summed E-state index contributed by atoms with van der Waals surface area (Å²) >= 11 is 5.92. The Balaban J connectivity index is 1.56. The van der Waals surface area contributed by atoms with Crippen LogP contribution in [0, 0.1) is 0 Å². The highest BCUT2D eigenvalue weighted by molar-refractivity contribution is 6.30. The molecular weight excluding hydrogens is 272 g/mol. The number of hydrogen-bond acceptors (Lipinski definition) is 2. The summed E-state index contributed by atoms with van der Waals surface area (Å²) in [4.78, 5) is 9.16. The molecule has 3 rings (SSSR count). The summed E-state index contributed by atoms with van der Waals surface area (Å²) in [7, 11) is 0. The molecule has 108 valence electrons. The lowest BCUT2D eigenvalue weighted by atomic mass is 9.94. The van der Waals surface area contributed by atoms with Crippen LogP contribution in [0.15, 0.2) is 29.3 Å². The molecule has 20 heavy (non-hydrogen) atoms. The van der Waals surface area contributed by atoms with E-state index in [1.165, 1.54) is 24.9 Å². The van der Waals surface area contributed by atoms with Crippen molar-refractivity contribution >= 4 is 23.2 Å². The van der Waals surface area contributed by atoms with E-state index in [9.17, 15) is 0 Å². The van der Waals surface area contributed by atoms with E-state index in [1.807, 2.05) is 12.1 Å². The number of nitrogens with two attached hydrogens (primary N) is 1. The van der Waals surface area contributed by atoms with Gasteiger partial charge in [0.15, 0.2) is 5.96 Å². The molecule has 0 bridgehead atoms. The standard InChI is InChI=1S/C15H21ClN4/c16-12-4-6-14(7-5-12)19-8-10-20(11-9-19)15(17)18-13-2-1-3-13/h4-7,13H,1-3,8-11H2,(H2,17,18). The van der Waals surface area contributed by atoms with Crippen LogP contribution in [-0.4, -0.2) is 43.1 Å². The maximum Gasteiger partial charge on any atom is 0.191 e. The van der Waals surface area contributed by atoms with E-state index in [2.05, 4.69) is 26.9 Å². The molecule has 4 nitrogen and oxygen atoms in total. The molecule has 1 aromatic carbocycles. The van der Waals surface area contributed by atoms with E-state index in [0.717, 1.165) is 37.2 Å². The van der Waals surface area contributed by atoms with Gasteiger partial charge in [0.25, 0.3) is 0 Å². The van der Waals surface area contributed by atoms with Gasteiger partial charge in [-0.2, -0.15) is 0 Å².